The molecular formula is C11H20N2O. The Morgan fingerprint density at radius 2 is 2.21 bits per heavy atom. The quantitative estimate of drug-likeness (QED) is 0.682. The Labute approximate surface area is 85.8 Å². The normalized spacial score (nSPS) is 32.5. The average Bonchev–Trinajstić information content (AvgIpc) is 2.27. The predicted molar refractivity (Wildman–Crippen MR) is 56.1 cm³/mol. The van der Waals surface area contributed by atoms with Gasteiger partial charge in [-0.1, -0.05) is 19.8 Å². The lowest BCUT2D eigenvalue weighted by Crippen LogP contribution is -2.60. The Morgan fingerprint density at radius 1 is 1.43 bits per heavy atom. The van der Waals surface area contributed by atoms with Crippen LogP contribution in [0.25, 0.3) is 0 Å². The zero-order valence-electron chi connectivity index (χ0n) is 8.96. The predicted octanol–water partition coefficient (Wildman–Crippen LogP) is 1.14. The van der Waals surface area contributed by atoms with Crippen LogP contribution in [0.15, 0.2) is 0 Å². The highest BCUT2D eigenvalue weighted by molar-refractivity contribution is 5.76. The summed E-state index contributed by atoms with van der Waals surface area (Å²) in [5.41, 5.74) is 0. The minimum Gasteiger partial charge on any atom is -0.337 e. The second-order valence-electron chi connectivity index (χ2n) is 4.35. The maximum atomic E-state index is 11.7. The smallest absolute Gasteiger partial charge is 0.222 e. The number of nitrogens with zero attached hydrogens (tertiary/aromatic N) is 1. The molecule has 0 aromatic carbocycles. The number of piperazine rings is 1. The van der Waals surface area contributed by atoms with Crippen LogP contribution in [0, 0.1) is 0 Å². The molecule has 0 bridgehead atoms. The minimum atomic E-state index is 0.336. The molecule has 1 saturated heterocycles. The topological polar surface area (TPSA) is 32.3 Å². The van der Waals surface area contributed by atoms with E-state index in [0.29, 0.717) is 24.4 Å². The molecular weight excluding hydrogens is 176 g/mol. The first-order chi connectivity index (χ1) is 6.83. The zero-order chi connectivity index (χ0) is 9.97. The number of carbonyl (C=O) groups is 1. The molecule has 1 saturated carbocycles. The Morgan fingerprint density at radius 3 is 3.00 bits per heavy atom. The van der Waals surface area contributed by atoms with Gasteiger partial charge in [-0.2, -0.15) is 0 Å². The van der Waals surface area contributed by atoms with Crippen molar-refractivity contribution >= 4 is 5.91 Å². The van der Waals surface area contributed by atoms with Crippen molar-refractivity contribution in [2.75, 3.05) is 13.1 Å². The molecule has 1 amide bonds. The van der Waals surface area contributed by atoms with Crippen LogP contribution in [0.1, 0.15) is 39.0 Å². The van der Waals surface area contributed by atoms with E-state index >= 15 is 0 Å². The van der Waals surface area contributed by atoms with E-state index in [1.54, 1.807) is 0 Å². The third-order valence-corrected chi connectivity index (χ3v) is 3.51. The van der Waals surface area contributed by atoms with E-state index in [9.17, 15) is 4.79 Å². The Kier molecular flexibility index (Phi) is 3.06. The number of hydrogen-bond donors (Lipinski definition) is 1. The van der Waals surface area contributed by atoms with E-state index < -0.39 is 0 Å². The second-order valence-corrected chi connectivity index (χ2v) is 4.35. The number of carbonyl (C=O) groups excluding carboxylic acids is 1. The first-order valence-corrected chi connectivity index (χ1v) is 5.85. The van der Waals surface area contributed by atoms with Crippen LogP contribution < -0.4 is 5.32 Å². The summed E-state index contributed by atoms with van der Waals surface area (Å²) in [6.07, 6.45) is 5.71. The molecule has 1 N–H and O–H groups in total. The highest BCUT2D eigenvalue weighted by Gasteiger charge is 2.34. The van der Waals surface area contributed by atoms with Gasteiger partial charge in [0.05, 0.1) is 0 Å². The van der Waals surface area contributed by atoms with E-state index in [0.717, 1.165) is 13.1 Å². The molecule has 2 aliphatic rings. The Balaban J connectivity index is 2.04. The van der Waals surface area contributed by atoms with Gasteiger partial charge in [0.2, 0.25) is 5.91 Å². The van der Waals surface area contributed by atoms with Gasteiger partial charge in [-0.05, 0) is 12.8 Å². The van der Waals surface area contributed by atoms with Gasteiger partial charge >= 0.3 is 0 Å². The van der Waals surface area contributed by atoms with Gasteiger partial charge in [0.1, 0.15) is 0 Å². The Bertz CT molecular complexity index is 215. The fourth-order valence-electron chi connectivity index (χ4n) is 2.77. The van der Waals surface area contributed by atoms with Crippen molar-refractivity contribution in [3.8, 4) is 0 Å². The standard InChI is InChI=1S/C11H20N2O/c1-2-11(14)13-8-7-12-9-5-3-4-6-10(9)13/h9-10,12H,2-8H2,1H3. The van der Waals surface area contributed by atoms with Crippen molar-refractivity contribution in [1.29, 1.82) is 0 Å². The molecule has 1 aliphatic carbocycles. The van der Waals surface area contributed by atoms with Gasteiger partial charge < -0.3 is 10.2 Å². The molecule has 80 valence electrons. The third kappa shape index (κ3) is 1.78. The first-order valence-electron chi connectivity index (χ1n) is 5.85. The highest BCUT2D eigenvalue weighted by Crippen LogP contribution is 2.25. The SMILES string of the molecule is CCC(=O)N1CCNC2CCCCC21. The lowest BCUT2D eigenvalue weighted by Gasteiger charge is -2.44. The van der Waals surface area contributed by atoms with E-state index in [1.165, 1.54) is 25.7 Å². The van der Waals surface area contributed by atoms with E-state index in [1.807, 2.05) is 6.92 Å². The highest BCUT2D eigenvalue weighted by atomic mass is 16.2. The molecule has 1 heterocycles. The van der Waals surface area contributed by atoms with E-state index in [-0.39, 0.29) is 0 Å². The molecule has 1 aliphatic heterocycles. The average molecular weight is 196 g/mol. The Hall–Kier alpha value is -0.570. The van der Waals surface area contributed by atoms with E-state index in [2.05, 4.69) is 10.2 Å². The fraction of sp³-hybridized carbons (Fsp3) is 0.909. The van der Waals surface area contributed by atoms with Crippen LogP contribution in [0.3, 0.4) is 0 Å². The monoisotopic (exact) mass is 196 g/mol. The van der Waals surface area contributed by atoms with Crippen LogP contribution in [0.4, 0.5) is 0 Å². The summed E-state index contributed by atoms with van der Waals surface area (Å²) in [7, 11) is 0. The fourth-order valence-corrected chi connectivity index (χ4v) is 2.77. The zero-order valence-corrected chi connectivity index (χ0v) is 8.96. The van der Waals surface area contributed by atoms with E-state index in [4.69, 9.17) is 0 Å². The summed E-state index contributed by atoms with van der Waals surface area (Å²) in [4.78, 5) is 13.8. The molecule has 3 heteroatoms. The van der Waals surface area contributed by atoms with Gasteiger partial charge in [0.25, 0.3) is 0 Å². The molecule has 0 aromatic rings. The summed E-state index contributed by atoms with van der Waals surface area (Å²) in [6, 6.07) is 1.07. The van der Waals surface area contributed by atoms with Crippen LogP contribution in [-0.2, 0) is 4.79 Å². The van der Waals surface area contributed by atoms with Crippen LogP contribution in [0.2, 0.25) is 0 Å². The molecule has 14 heavy (non-hydrogen) atoms. The lowest BCUT2D eigenvalue weighted by molar-refractivity contribution is -0.135. The lowest BCUT2D eigenvalue weighted by atomic mass is 9.87. The van der Waals surface area contributed by atoms with Crippen LogP contribution >= 0.6 is 0 Å². The molecule has 2 atom stereocenters. The molecule has 2 fully saturated rings. The largest absolute Gasteiger partial charge is 0.337 e. The number of fused-ring (bicyclic) bond motifs is 1. The van der Waals surface area contributed by atoms with Crippen molar-refractivity contribution in [2.24, 2.45) is 0 Å². The van der Waals surface area contributed by atoms with Crippen molar-refractivity contribution < 1.29 is 4.79 Å². The first kappa shape index (κ1) is 9.97. The van der Waals surface area contributed by atoms with Crippen LogP contribution in [0.5, 0.6) is 0 Å². The van der Waals surface area contributed by atoms with Gasteiger partial charge in [-0.25, -0.2) is 0 Å². The summed E-state index contributed by atoms with van der Waals surface area (Å²) in [6.45, 7) is 3.85. The number of rotatable bonds is 1. The molecule has 0 aromatic heterocycles. The van der Waals surface area contributed by atoms with Crippen molar-refractivity contribution in [3.05, 3.63) is 0 Å². The van der Waals surface area contributed by atoms with Gasteiger partial charge in [-0.3, -0.25) is 4.79 Å². The maximum absolute atomic E-state index is 11.7. The minimum absolute atomic E-state index is 0.336. The third-order valence-electron chi connectivity index (χ3n) is 3.51. The van der Waals surface area contributed by atoms with Gasteiger partial charge in [-0.15, -0.1) is 0 Å². The van der Waals surface area contributed by atoms with Gasteiger partial charge in [0.15, 0.2) is 0 Å². The van der Waals surface area contributed by atoms with Gasteiger partial charge in [0, 0.05) is 31.6 Å². The van der Waals surface area contributed by atoms with Crippen molar-refractivity contribution in [3.63, 3.8) is 0 Å². The molecule has 0 spiro atoms. The second kappa shape index (κ2) is 4.30. The molecule has 0 radical (unpaired) electrons. The number of hydrogen-bond acceptors (Lipinski definition) is 2. The molecule has 2 rings (SSSR count). The summed E-state index contributed by atoms with van der Waals surface area (Å²) in [5.74, 6) is 0.336. The summed E-state index contributed by atoms with van der Waals surface area (Å²) < 4.78 is 0. The molecule has 3 nitrogen and oxygen atoms in total. The molecule has 2 unspecified atom stereocenters. The van der Waals surface area contributed by atoms with Crippen molar-refractivity contribution in [1.82, 2.24) is 10.2 Å². The summed E-state index contributed by atoms with van der Waals surface area (Å²) >= 11 is 0. The number of nitrogens with one attached hydrogen (secondary N) is 1. The number of amides is 1. The maximum Gasteiger partial charge on any atom is 0.222 e. The summed E-state index contributed by atoms with van der Waals surface area (Å²) in [5, 5.41) is 3.54. The van der Waals surface area contributed by atoms with Crippen molar-refractivity contribution in [2.45, 2.75) is 51.1 Å². The van der Waals surface area contributed by atoms with Crippen LogP contribution in [-0.4, -0.2) is 36.0 Å².